The molecule has 0 aliphatic heterocycles. The summed E-state index contributed by atoms with van der Waals surface area (Å²) in [6, 6.07) is 3.88. The van der Waals surface area contributed by atoms with Crippen molar-refractivity contribution in [3.05, 3.63) is 47.3 Å². The topological polar surface area (TPSA) is 42.7 Å². The highest BCUT2D eigenvalue weighted by molar-refractivity contribution is 5.21. The van der Waals surface area contributed by atoms with Crippen LogP contribution < -0.4 is 5.32 Å². The van der Waals surface area contributed by atoms with Crippen molar-refractivity contribution < 1.29 is 8.78 Å². The maximum atomic E-state index is 13.8. The zero-order valence-corrected chi connectivity index (χ0v) is 12.3. The van der Waals surface area contributed by atoms with Crippen molar-refractivity contribution in [3.63, 3.8) is 0 Å². The molecule has 0 saturated carbocycles. The van der Waals surface area contributed by atoms with E-state index in [9.17, 15) is 8.78 Å². The molecule has 21 heavy (non-hydrogen) atoms. The largest absolute Gasteiger partial charge is 0.313 e. The van der Waals surface area contributed by atoms with E-state index in [4.69, 9.17) is 0 Å². The van der Waals surface area contributed by atoms with E-state index in [1.807, 2.05) is 6.20 Å². The van der Waals surface area contributed by atoms with Gasteiger partial charge in [-0.1, -0.05) is 18.2 Å². The Morgan fingerprint density at radius 2 is 1.95 bits per heavy atom. The number of halogens is 2. The standard InChI is InChI=1S/C15H20F2N4/c1-3-7-18-11(8-12-10-21(2)20-19-12)9-13-14(16)5-4-6-15(13)17/h4-6,10-11,18H,3,7-9H2,1-2H3. The fourth-order valence-corrected chi connectivity index (χ4v) is 2.28. The summed E-state index contributed by atoms with van der Waals surface area (Å²) in [5.41, 5.74) is 0.929. The third-order valence-electron chi connectivity index (χ3n) is 3.30. The van der Waals surface area contributed by atoms with Gasteiger partial charge in [-0.25, -0.2) is 8.78 Å². The fraction of sp³-hybridized carbons (Fsp3) is 0.467. The van der Waals surface area contributed by atoms with Gasteiger partial charge in [0.15, 0.2) is 0 Å². The number of hydrogen-bond acceptors (Lipinski definition) is 3. The van der Waals surface area contributed by atoms with Gasteiger partial charge in [-0.05, 0) is 31.5 Å². The van der Waals surface area contributed by atoms with Crippen molar-refractivity contribution in [1.82, 2.24) is 20.3 Å². The molecule has 2 aromatic rings. The van der Waals surface area contributed by atoms with Crippen LogP contribution in [0.1, 0.15) is 24.6 Å². The lowest BCUT2D eigenvalue weighted by Gasteiger charge is -2.18. The van der Waals surface area contributed by atoms with Crippen LogP contribution in [0.25, 0.3) is 0 Å². The maximum Gasteiger partial charge on any atom is 0.129 e. The van der Waals surface area contributed by atoms with E-state index >= 15 is 0 Å². The van der Waals surface area contributed by atoms with Crippen molar-refractivity contribution >= 4 is 0 Å². The first-order chi connectivity index (χ1) is 10.1. The SMILES string of the molecule is CCCNC(Cc1cn(C)nn1)Cc1c(F)cccc1F. The number of aromatic nitrogens is 3. The molecule has 1 atom stereocenters. The highest BCUT2D eigenvalue weighted by Gasteiger charge is 2.17. The van der Waals surface area contributed by atoms with Crippen LogP contribution in [0.5, 0.6) is 0 Å². The summed E-state index contributed by atoms with van der Waals surface area (Å²) in [5, 5.41) is 11.2. The van der Waals surface area contributed by atoms with Crippen molar-refractivity contribution in [1.29, 1.82) is 0 Å². The minimum atomic E-state index is -0.502. The Bertz CT molecular complexity index is 563. The number of aryl methyl sites for hydroxylation is 1. The zero-order valence-electron chi connectivity index (χ0n) is 12.3. The molecule has 0 bridgehead atoms. The molecule has 1 heterocycles. The van der Waals surface area contributed by atoms with E-state index < -0.39 is 11.6 Å². The number of rotatable bonds is 7. The Morgan fingerprint density at radius 3 is 2.52 bits per heavy atom. The molecule has 1 N–H and O–H groups in total. The molecule has 0 fully saturated rings. The van der Waals surface area contributed by atoms with Crippen LogP contribution in [-0.2, 0) is 19.9 Å². The molecule has 4 nitrogen and oxygen atoms in total. The van der Waals surface area contributed by atoms with Gasteiger partial charge in [-0.15, -0.1) is 5.10 Å². The number of hydrogen-bond donors (Lipinski definition) is 1. The summed E-state index contributed by atoms with van der Waals surface area (Å²) >= 11 is 0. The second-order valence-electron chi connectivity index (χ2n) is 5.14. The first-order valence-corrected chi connectivity index (χ1v) is 7.11. The van der Waals surface area contributed by atoms with Gasteiger partial charge in [0.1, 0.15) is 11.6 Å². The monoisotopic (exact) mass is 294 g/mol. The molecule has 6 heteroatoms. The van der Waals surface area contributed by atoms with E-state index in [1.165, 1.54) is 18.2 Å². The molecular weight excluding hydrogens is 274 g/mol. The minimum Gasteiger partial charge on any atom is -0.313 e. The van der Waals surface area contributed by atoms with Gasteiger partial charge in [0, 0.05) is 31.3 Å². The molecule has 2 rings (SSSR count). The summed E-state index contributed by atoms with van der Waals surface area (Å²) in [4.78, 5) is 0. The first kappa shape index (κ1) is 15.6. The van der Waals surface area contributed by atoms with E-state index in [0.29, 0.717) is 6.42 Å². The second-order valence-corrected chi connectivity index (χ2v) is 5.14. The van der Waals surface area contributed by atoms with E-state index in [1.54, 1.807) is 11.7 Å². The van der Waals surface area contributed by atoms with Crippen molar-refractivity contribution in [2.24, 2.45) is 7.05 Å². The molecular formula is C15H20F2N4. The normalized spacial score (nSPS) is 12.6. The average Bonchev–Trinajstić information content (AvgIpc) is 2.85. The molecule has 1 aromatic carbocycles. The summed E-state index contributed by atoms with van der Waals surface area (Å²) in [6.45, 7) is 2.84. The van der Waals surface area contributed by atoms with Gasteiger partial charge in [0.05, 0.1) is 5.69 Å². The Hall–Kier alpha value is -1.82. The van der Waals surface area contributed by atoms with Crippen LogP contribution >= 0.6 is 0 Å². The van der Waals surface area contributed by atoms with E-state index in [2.05, 4.69) is 22.6 Å². The molecule has 0 amide bonds. The quantitative estimate of drug-likeness (QED) is 0.851. The summed E-state index contributed by atoms with van der Waals surface area (Å²) < 4.78 is 29.2. The highest BCUT2D eigenvalue weighted by atomic mass is 19.1. The molecule has 0 radical (unpaired) electrons. The van der Waals surface area contributed by atoms with Crippen LogP contribution in [0.3, 0.4) is 0 Å². The van der Waals surface area contributed by atoms with Crippen molar-refractivity contribution in [3.8, 4) is 0 Å². The number of nitrogens with zero attached hydrogens (tertiary/aromatic N) is 3. The molecule has 1 aromatic heterocycles. The average molecular weight is 294 g/mol. The highest BCUT2D eigenvalue weighted by Crippen LogP contribution is 2.15. The lowest BCUT2D eigenvalue weighted by Crippen LogP contribution is -2.34. The van der Waals surface area contributed by atoms with Gasteiger partial charge in [-0.2, -0.15) is 0 Å². The summed E-state index contributed by atoms with van der Waals surface area (Å²) in [7, 11) is 1.79. The van der Waals surface area contributed by atoms with Crippen LogP contribution in [0, 0.1) is 11.6 Å². The molecule has 0 saturated heterocycles. The van der Waals surface area contributed by atoms with Crippen LogP contribution in [0.2, 0.25) is 0 Å². The van der Waals surface area contributed by atoms with E-state index in [-0.39, 0.29) is 18.0 Å². The Labute approximate surface area is 123 Å². The maximum absolute atomic E-state index is 13.8. The second kappa shape index (κ2) is 7.26. The Balaban J connectivity index is 2.12. The van der Waals surface area contributed by atoms with Crippen LogP contribution in [0.4, 0.5) is 8.78 Å². The Morgan fingerprint density at radius 1 is 1.24 bits per heavy atom. The number of benzene rings is 1. The summed E-state index contributed by atoms with van der Waals surface area (Å²) in [6.07, 6.45) is 3.64. The smallest absolute Gasteiger partial charge is 0.129 e. The molecule has 0 aliphatic rings. The van der Waals surface area contributed by atoms with Gasteiger partial charge in [-0.3, -0.25) is 4.68 Å². The molecule has 0 aliphatic carbocycles. The predicted molar refractivity (Wildman–Crippen MR) is 76.9 cm³/mol. The third kappa shape index (κ3) is 4.32. The molecule has 114 valence electrons. The van der Waals surface area contributed by atoms with Gasteiger partial charge in [0.25, 0.3) is 0 Å². The van der Waals surface area contributed by atoms with E-state index in [0.717, 1.165) is 18.7 Å². The van der Waals surface area contributed by atoms with Crippen LogP contribution in [-0.4, -0.2) is 27.6 Å². The predicted octanol–water partition coefficient (Wildman–Crippen LogP) is 2.25. The zero-order chi connectivity index (χ0) is 15.2. The summed E-state index contributed by atoms with van der Waals surface area (Å²) in [5.74, 6) is -1.00. The molecule has 1 unspecified atom stereocenters. The first-order valence-electron chi connectivity index (χ1n) is 7.11. The molecule has 0 spiro atoms. The third-order valence-corrected chi connectivity index (χ3v) is 3.30. The van der Waals surface area contributed by atoms with Gasteiger partial charge < -0.3 is 5.32 Å². The number of nitrogens with one attached hydrogen (secondary N) is 1. The van der Waals surface area contributed by atoms with Crippen molar-refractivity contribution in [2.75, 3.05) is 6.54 Å². The van der Waals surface area contributed by atoms with Gasteiger partial charge in [0.2, 0.25) is 0 Å². The lowest BCUT2D eigenvalue weighted by atomic mass is 10.0. The van der Waals surface area contributed by atoms with Crippen LogP contribution in [0.15, 0.2) is 24.4 Å². The minimum absolute atomic E-state index is 0.0759. The van der Waals surface area contributed by atoms with Crippen molar-refractivity contribution in [2.45, 2.75) is 32.2 Å². The van der Waals surface area contributed by atoms with Gasteiger partial charge >= 0.3 is 0 Å². The Kier molecular flexibility index (Phi) is 5.38. The fourth-order valence-electron chi connectivity index (χ4n) is 2.28. The lowest BCUT2D eigenvalue weighted by molar-refractivity contribution is 0.471.